The Morgan fingerprint density at radius 2 is 1.77 bits per heavy atom. The maximum Gasteiger partial charge on any atom is 0.343 e. The van der Waals surface area contributed by atoms with Crippen molar-refractivity contribution < 1.29 is 29.8 Å². The van der Waals surface area contributed by atoms with Gasteiger partial charge in [0.25, 0.3) is 11.6 Å². The van der Waals surface area contributed by atoms with Gasteiger partial charge < -0.3 is 20.6 Å². The molecule has 0 radical (unpaired) electrons. The summed E-state index contributed by atoms with van der Waals surface area (Å²) in [4.78, 5) is 33.7. The van der Waals surface area contributed by atoms with Crippen molar-refractivity contribution in [3.63, 3.8) is 0 Å². The van der Waals surface area contributed by atoms with E-state index < -0.39 is 35.6 Å². The first-order valence-corrected chi connectivity index (χ1v) is 9.39. The summed E-state index contributed by atoms with van der Waals surface area (Å²) in [6, 6.07) is 3.95. The van der Waals surface area contributed by atoms with Gasteiger partial charge in [0.1, 0.15) is 11.0 Å². The van der Waals surface area contributed by atoms with Crippen LogP contribution in [0.2, 0.25) is 0 Å². The van der Waals surface area contributed by atoms with Crippen LogP contribution in [0, 0.1) is 10.1 Å². The van der Waals surface area contributed by atoms with E-state index in [1.54, 1.807) is 0 Å². The molecule has 2 rings (SSSR count). The molecule has 9 nitrogen and oxygen atoms in total. The Bertz CT molecular complexity index is 736. The topological polar surface area (TPSA) is 150 Å². The van der Waals surface area contributed by atoms with Crippen LogP contribution in [0.5, 0.6) is 0 Å². The molecule has 26 heavy (non-hydrogen) atoms. The fraction of sp³-hybridized carbons (Fsp3) is 0.333. The van der Waals surface area contributed by atoms with E-state index in [0.29, 0.717) is 11.5 Å². The maximum absolute atomic E-state index is 12.4. The van der Waals surface area contributed by atoms with Crippen LogP contribution in [-0.2, 0) is 9.59 Å². The number of aliphatic hydroxyl groups excluding tert-OH is 2. The number of nitrogens with zero attached hydrogens (tertiary/aromatic N) is 1. The Kier molecular flexibility index (Phi) is 7.03. The summed E-state index contributed by atoms with van der Waals surface area (Å²) in [7, 11) is 0. The average Bonchev–Trinajstić information content (AvgIpc) is 2.65. The number of carbonyl (C=O) groups is 2. The number of aliphatic hydroxyl groups is 2. The molecule has 0 unspecified atom stereocenters. The van der Waals surface area contributed by atoms with Crippen molar-refractivity contribution in [2.45, 2.75) is 12.1 Å². The molecule has 1 aromatic rings. The second-order valence-corrected chi connectivity index (χ2v) is 7.43. The number of nitro groups is 1. The predicted molar refractivity (Wildman–Crippen MR) is 96.7 cm³/mol. The number of amides is 1. The van der Waals surface area contributed by atoms with Gasteiger partial charge in [-0.05, 0) is 17.7 Å². The van der Waals surface area contributed by atoms with E-state index in [1.807, 2.05) is 0 Å². The minimum Gasteiger partial charge on any atom is -0.477 e. The Morgan fingerprint density at radius 1 is 1.19 bits per heavy atom. The lowest BCUT2D eigenvalue weighted by molar-refractivity contribution is -0.384. The lowest BCUT2D eigenvalue weighted by atomic mass is 10.0. The number of nitro benzene ring substituents is 1. The fourth-order valence-corrected chi connectivity index (χ4v) is 4.41. The van der Waals surface area contributed by atoms with Gasteiger partial charge in [-0.3, -0.25) is 14.9 Å². The first-order valence-electron chi connectivity index (χ1n) is 7.42. The van der Waals surface area contributed by atoms with Crippen LogP contribution in [0.1, 0.15) is 11.7 Å². The number of carboxylic acid groups (broad SMARTS) is 1. The molecule has 0 aromatic heterocycles. The van der Waals surface area contributed by atoms with Gasteiger partial charge >= 0.3 is 5.97 Å². The zero-order chi connectivity index (χ0) is 19.3. The number of aliphatic carboxylic acids is 1. The third-order valence-corrected chi connectivity index (χ3v) is 6.07. The molecule has 0 fully saturated rings. The molecule has 0 aliphatic carbocycles. The van der Waals surface area contributed by atoms with E-state index in [4.69, 9.17) is 0 Å². The molecule has 140 valence electrons. The molecule has 1 aliphatic heterocycles. The first kappa shape index (κ1) is 20.2. The third kappa shape index (κ3) is 4.75. The van der Waals surface area contributed by atoms with E-state index in [1.165, 1.54) is 24.3 Å². The van der Waals surface area contributed by atoms with Crippen LogP contribution in [0.4, 0.5) is 5.69 Å². The average molecular weight is 400 g/mol. The Morgan fingerprint density at radius 3 is 2.27 bits per heavy atom. The molecule has 2 atom stereocenters. The summed E-state index contributed by atoms with van der Waals surface area (Å²) in [6.07, 6.45) is -1.32. The van der Waals surface area contributed by atoms with E-state index in [0.717, 1.165) is 23.5 Å². The highest BCUT2D eigenvalue weighted by Crippen LogP contribution is 2.34. The quantitative estimate of drug-likeness (QED) is 0.386. The zero-order valence-corrected chi connectivity index (χ0v) is 15.0. The smallest absolute Gasteiger partial charge is 0.343 e. The van der Waals surface area contributed by atoms with Gasteiger partial charge in [-0.1, -0.05) is 0 Å². The summed E-state index contributed by atoms with van der Waals surface area (Å²) in [5.41, 5.74) is 0.116. The number of carbonyl (C=O) groups excluding carboxylic acids is 1. The van der Waals surface area contributed by atoms with Crippen LogP contribution in [0.25, 0.3) is 0 Å². The number of non-ortho nitro benzene ring substituents is 1. The van der Waals surface area contributed by atoms with Gasteiger partial charge in [-0.15, -0.1) is 23.5 Å². The number of rotatable bonds is 7. The summed E-state index contributed by atoms with van der Waals surface area (Å²) in [5, 5.41) is 42.1. The fourth-order valence-electron chi connectivity index (χ4n) is 2.23. The van der Waals surface area contributed by atoms with Crippen molar-refractivity contribution in [3.8, 4) is 0 Å². The maximum atomic E-state index is 12.4. The first-order chi connectivity index (χ1) is 12.3. The minimum absolute atomic E-state index is 0.0306. The van der Waals surface area contributed by atoms with Crippen molar-refractivity contribution in [2.75, 3.05) is 18.1 Å². The number of carboxylic acids is 1. The predicted octanol–water partition coefficient (Wildman–Crippen LogP) is 0.881. The molecule has 1 aromatic carbocycles. The standard InChI is InChI=1S/C15H16N2O7S2/c18-7-10(11(19)8-1-3-9(4-2-8)17(23)24)16-14(20)12-13(15(21)22)26-6-5-25-12/h1-4,10-11,18-19H,5-7H2,(H,16,20)(H,21,22)/t10-,11-/m1/s1. The molecule has 1 heterocycles. The molecule has 1 amide bonds. The van der Waals surface area contributed by atoms with Crippen LogP contribution in [0.3, 0.4) is 0 Å². The van der Waals surface area contributed by atoms with Gasteiger partial charge in [0.15, 0.2) is 0 Å². The van der Waals surface area contributed by atoms with Crippen molar-refractivity contribution in [3.05, 3.63) is 49.8 Å². The largest absolute Gasteiger partial charge is 0.477 e. The van der Waals surface area contributed by atoms with E-state index in [-0.39, 0.29) is 21.1 Å². The SMILES string of the molecule is O=C(O)C1=C(C(=O)N[C@H](CO)[C@H](O)c2ccc([N+](=O)[O-])cc2)SCCS1. The summed E-state index contributed by atoms with van der Waals surface area (Å²) in [5.74, 6) is -0.764. The van der Waals surface area contributed by atoms with Gasteiger partial charge in [-0.2, -0.15) is 0 Å². The monoisotopic (exact) mass is 400 g/mol. The highest BCUT2D eigenvalue weighted by molar-refractivity contribution is 8.11. The van der Waals surface area contributed by atoms with E-state index in [9.17, 15) is 35.0 Å². The van der Waals surface area contributed by atoms with Crippen molar-refractivity contribution in [2.24, 2.45) is 0 Å². The molecule has 0 bridgehead atoms. The molecule has 0 saturated carbocycles. The number of benzene rings is 1. The van der Waals surface area contributed by atoms with Crippen LogP contribution >= 0.6 is 23.5 Å². The third-order valence-electron chi connectivity index (χ3n) is 3.52. The van der Waals surface area contributed by atoms with Crippen molar-refractivity contribution >= 4 is 41.1 Å². The van der Waals surface area contributed by atoms with Gasteiger partial charge in [0.2, 0.25) is 0 Å². The molecule has 0 saturated heterocycles. The van der Waals surface area contributed by atoms with E-state index in [2.05, 4.69) is 5.32 Å². The van der Waals surface area contributed by atoms with Crippen molar-refractivity contribution in [1.29, 1.82) is 0 Å². The zero-order valence-electron chi connectivity index (χ0n) is 13.3. The molecule has 4 N–H and O–H groups in total. The lowest BCUT2D eigenvalue weighted by Crippen LogP contribution is -2.42. The lowest BCUT2D eigenvalue weighted by Gasteiger charge is -2.24. The summed E-state index contributed by atoms with van der Waals surface area (Å²) < 4.78 is 0. The molecular formula is C15H16N2O7S2. The van der Waals surface area contributed by atoms with Crippen LogP contribution < -0.4 is 5.32 Å². The molecule has 11 heteroatoms. The highest BCUT2D eigenvalue weighted by atomic mass is 32.2. The van der Waals surface area contributed by atoms with Crippen molar-refractivity contribution in [1.82, 2.24) is 5.32 Å². The summed E-state index contributed by atoms with van der Waals surface area (Å²) in [6.45, 7) is -0.600. The molecule has 0 spiro atoms. The summed E-state index contributed by atoms with van der Waals surface area (Å²) >= 11 is 2.16. The number of nitrogens with one attached hydrogen (secondary N) is 1. The van der Waals surface area contributed by atoms with Gasteiger partial charge in [-0.25, -0.2) is 4.79 Å². The normalized spacial score (nSPS) is 16.7. The van der Waals surface area contributed by atoms with Crippen LogP contribution in [-0.4, -0.2) is 56.3 Å². The molecular weight excluding hydrogens is 384 g/mol. The van der Waals surface area contributed by atoms with Gasteiger partial charge in [0, 0.05) is 23.6 Å². The highest BCUT2D eigenvalue weighted by Gasteiger charge is 2.29. The number of thioether (sulfide) groups is 2. The Balaban J connectivity index is 2.16. The minimum atomic E-state index is -1.32. The number of hydrogen-bond donors (Lipinski definition) is 4. The number of hydrogen-bond acceptors (Lipinski definition) is 8. The Labute approximate surface area is 156 Å². The van der Waals surface area contributed by atoms with E-state index >= 15 is 0 Å². The molecule has 1 aliphatic rings. The second-order valence-electron chi connectivity index (χ2n) is 5.22. The van der Waals surface area contributed by atoms with Crippen LogP contribution in [0.15, 0.2) is 34.1 Å². The Hall–Kier alpha value is -2.08. The van der Waals surface area contributed by atoms with Gasteiger partial charge in [0.05, 0.1) is 22.5 Å². The second kappa shape index (κ2) is 9.03.